The summed E-state index contributed by atoms with van der Waals surface area (Å²) in [7, 11) is 0. The van der Waals surface area contributed by atoms with Gasteiger partial charge >= 0.3 is 0 Å². The molecule has 7 heteroatoms. The topological polar surface area (TPSA) is 50.9 Å². The summed E-state index contributed by atoms with van der Waals surface area (Å²) in [5.74, 6) is -0.507. The van der Waals surface area contributed by atoms with Gasteiger partial charge in [0.2, 0.25) is 0 Å². The van der Waals surface area contributed by atoms with Gasteiger partial charge in [0.05, 0.1) is 27.0 Å². The molecule has 0 radical (unpaired) electrons. The van der Waals surface area contributed by atoms with Crippen molar-refractivity contribution >= 4 is 51.8 Å². The van der Waals surface area contributed by atoms with Crippen LogP contribution in [0.1, 0.15) is 17.0 Å². The van der Waals surface area contributed by atoms with E-state index in [4.69, 9.17) is 41.2 Å². The lowest BCUT2D eigenvalue weighted by Gasteiger charge is -2.16. The normalized spacial score (nSPS) is 10.5. The largest absolute Gasteiger partial charge is 0.389 e. The second kappa shape index (κ2) is 6.13. The van der Waals surface area contributed by atoms with Crippen LogP contribution in [0.3, 0.4) is 0 Å². The fraction of sp³-hybridized carbons (Fsp3) is 0.143. The lowest BCUT2D eigenvalue weighted by atomic mass is 10.1. The Morgan fingerprint density at radius 1 is 1.24 bits per heavy atom. The van der Waals surface area contributed by atoms with Crippen molar-refractivity contribution in [3.63, 3.8) is 0 Å². The van der Waals surface area contributed by atoms with Crippen LogP contribution in [0.5, 0.6) is 0 Å². The summed E-state index contributed by atoms with van der Waals surface area (Å²) in [6.07, 6.45) is 0. The Labute approximate surface area is 137 Å². The third-order valence-electron chi connectivity index (χ3n) is 2.84. The summed E-state index contributed by atoms with van der Waals surface area (Å²) in [6, 6.07) is 4.13. The van der Waals surface area contributed by atoms with Crippen molar-refractivity contribution in [3.8, 4) is 0 Å². The molecule has 3 nitrogen and oxygen atoms in total. The molecular weight excluding hydrogens is 332 g/mol. The Balaban J connectivity index is 2.57. The van der Waals surface area contributed by atoms with Crippen LogP contribution in [0.2, 0.25) is 10.0 Å². The van der Waals surface area contributed by atoms with Gasteiger partial charge in [-0.25, -0.2) is 4.39 Å². The summed E-state index contributed by atoms with van der Waals surface area (Å²) < 4.78 is 13.2. The summed E-state index contributed by atoms with van der Waals surface area (Å²) in [4.78, 5) is 4.53. The number of rotatable bonds is 3. The van der Waals surface area contributed by atoms with Gasteiger partial charge in [-0.3, -0.25) is 4.98 Å². The van der Waals surface area contributed by atoms with Gasteiger partial charge in [-0.2, -0.15) is 0 Å². The van der Waals surface area contributed by atoms with E-state index in [1.54, 1.807) is 13.0 Å². The van der Waals surface area contributed by atoms with Gasteiger partial charge in [-0.1, -0.05) is 35.4 Å². The second-order valence-corrected chi connectivity index (χ2v) is 5.76. The third-order valence-corrected chi connectivity index (χ3v) is 3.64. The molecule has 2 rings (SSSR count). The van der Waals surface area contributed by atoms with Crippen molar-refractivity contribution in [2.45, 2.75) is 13.8 Å². The number of thiocarbonyl (C=S) groups is 1. The maximum Gasteiger partial charge on any atom is 0.126 e. The van der Waals surface area contributed by atoms with E-state index in [1.807, 2.05) is 6.92 Å². The van der Waals surface area contributed by atoms with Crippen LogP contribution in [-0.2, 0) is 0 Å². The van der Waals surface area contributed by atoms with Crippen LogP contribution in [-0.4, -0.2) is 9.97 Å². The molecule has 0 aliphatic carbocycles. The first kappa shape index (κ1) is 15.9. The SMILES string of the molecule is Cc1cc(Nc2c(Cl)cc(F)cc2Cl)c(C(N)=S)c(C)n1. The number of nitrogens with zero attached hydrogens (tertiary/aromatic N) is 1. The first-order chi connectivity index (χ1) is 9.79. The van der Waals surface area contributed by atoms with E-state index in [9.17, 15) is 4.39 Å². The van der Waals surface area contributed by atoms with Crippen LogP contribution in [0.4, 0.5) is 15.8 Å². The number of hydrogen-bond acceptors (Lipinski definition) is 3. The van der Waals surface area contributed by atoms with Crippen LogP contribution < -0.4 is 11.1 Å². The predicted octanol–water partition coefficient (Wildman–Crippen LogP) is 4.52. The number of aromatic nitrogens is 1. The van der Waals surface area contributed by atoms with E-state index in [2.05, 4.69) is 10.3 Å². The molecule has 0 aliphatic heterocycles. The highest BCUT2D eigenvalue weighted by Gasteiger charge is 2.15. The van der Waals surface area contributed by atoms with Crippen LogP contribution in [0, 0.1) is 19.7 Å². The fourth-order valence-corrected chi connectivity index (χ4v) is 2.85. The zero-order chi connectivity index (χ0) is 15.7. The molecule has 1 aromatic heterocycles. The molecule has 0 aliphatic rings. The lowest BCUT2D eigenvalue weighted by molar-refractivity contribution is 0.628. The molecule has 0 bridgehead atoms. The van der Waals surface area contributed by atoms with Crippen LogP contribution in [0.15, 0.2) is 18.2 Å². The van der Waals surface area contributed by atoms with Gasteiger partial charge in [0.15, 0.2) is 0 Å². The first-order valence-electron chi connectivity index (χ1n) is 5.99. The van der Waals surface area contributed by atoms with Crippen molar-refractivity contribution in [1.29, 1.82) is 0 Å². The molecule has 0 fully saturated rings. The second-order valence-electron chi connectivity index (χ2n) is 4.51. The van der Waals surface area contributed by atoms with E-state index < -0.39 is 5.82 Å². The first-order valence-corrected chi connectivity index (χ1v) is 7.15. The Hall–Kier alpha value is -1.43. The maximum atomic E-state index is 13.2. The predicted molar refractivity (Wildman–Crippen MR) is 89.3 cm³/mol. The summed E-state index contributed by atoms with van der Waals surface area (Å²) in [5, 5.41) is 3.40. The van der Waals surface area contributed by atoms with Crippen LogP contribution in [0.25, 0.3) is 0 Å². The Kier molecular flexibility index (Phi) is 4.66. The van der Waals surface area contributed by atoms with Gasteiger partial charge in [-0.15, -0.1) is 0 Å². The number of benzene rings is 1. The molecule has 110 valence electrons. The zero-order valence-electron chi connectivity index (χ0n) is 11.3. The minimum absolute atomic E-state index is 0.168. The highest BCUT2D eigenvalue weighted by Crippen LogP contribution is 2.35. The standard InChI is InChI=1S/C14H12Cl2FN3S/c1-6-3-11(12(14(18)21)7(2)19-6)20-13-9(15)4-8(17)5-10(13)16/h3-5H,1-2H3,(H2,18,21)(H,19,20). The van der Waals surface area contributed by atoms with Crippen molar-refractivity contribution < 1.29 is 4.39 Å². The van der Waals surface area contributed by atoms with E-state index in [0.717, 1.165) is 5.69 Å². The summed E-state index contributed by atoms with van der Waals surface area (Å²) >= 11 is 17.1. The molecule has 1 heterocycles. The fourth-order valence-electron chi connectivity index (χ4n) is 2.03. The highest BCUT2D eigenvalue weighted by atomic mass is 35.5. The number of anilines is 2. The van der Waals surface area contributed by atoms with Gasteiger partial charge in [0.1, 0.15) is 10.8 Å². The molecule has 3 N–H and O–H groups in total. The molecular formula is C14H12Cl2FN3S. The molecule has 0 atom stereocenters. The van der Waals surface area contributed by atoms with Crippen molar-refractivity contribution in [2.75, 3.05) is 5.32 Å². The molecule has 2 aromatic rings. The zero-order valence-corrected chi connectivity index (χ0v) is 13.6. The number of pyridine rings is 1. The molecule has 0 saturated heterocycles. The Morgan fingerprint density at radius 2 is 1.81 bits per heavy atom. The number of nitrogens with one attached hydrogen (secondary N) is 1. The third kappa shape index (κ3) is 3.43. The van der Waals surface area contributed by atoms with Gasteiger partial charge in [0.25, 0.3) is 0 Å². The number of aryl methyl sites for hydroxylation is 2. The Morgan fingerprint density at radius 3 is 2.33 bits per heavy atom. The number of nitrogens with two attached hydrogens (primary N) is 1. The smallest absolute Gasteiger partial charge is 0.126 e. The molecule has 1 aromatic carbocycles. The quantitative estimate of drug-likeness (QED) is 0.804. The summed E-state index contributed by atoms with van der Waals surface area (Å²) in [6.45, 7) is 3.65. The van der Waals surface area contributed by atoms with Crippen molar-refractivity contribution in [2.24, 2.45) is 5.73 Å². The highest BCUT2D eigenvalue weighted by molar-refractivity contribution is 7.80. The molecule has 0 amide bonds. The van der Waals surface area contributed by atoms with Crippen molar-refractivity contribution in [3.05, 3.63) is 51.0 Å². The average Bonchev–Trinajstić information content (AvgIpc) is 2.32. The van der Waals surface area contributed by atoms with E-state index in [-0.39, 0.29) is 15.0 Å². The van der Waals surface area contributed by atoms with Crippen molar-refractivity contribution in [1.82, 2.24) is 4.98 Å². The molecule has 0 unspecified atom stereocenters. The monoisotopic (exact) mass is 343 g/mol. The molecule has 0 spiro atoms. The van der Waals surface area contributed by atoms with Crippen LogP contribution >= 0.6 is 35.4 Å². The molecule has 21 heavy (non-hydrogen) atoms. The van der Waals surface area contributed by atoms with E-state index in [0.29, 0.717) is 22.6 Å². The Bertz CT molecular complexity index is 711. The lowest BCUT2D eigenvalue weighted by Crippen LogP contribution is -2.15. The minimum Gasteiger partial charge on any atom is -0.389 e. The van der Waals surface area contributed by atoms with E-state index in [1.165, 1.54) is 12.1 Å². The maximum absolute atomic E-state index is 13.2. The summed E-state index contributed by atoms with van der Waals surface area (Å²) in [5.41, 5.74) is 8.84. The minimum atomic E-state index is -0.507. The molecule has 0 saturated carbocycles. The number of halogens is 3. The van der Waals surface area contributed by atoms with E-state index >= 15 is 0 Å². The van der Waals surface area contributed by atoms with Gasteiger partial charge < -0.3 is 11.1 Å². The average molecular weight is 344 g/mol. The number of hydrogen-bond donors (Lipinski definition) is 2. The van der Waals surface area contributed by atoms with Gasteiger partial charge in [0, 0.05) is 11.4 Å². The van der Waals surface area contributed by atoms with Gasteiger partial charge in [-0.05, 0) is 32.0 Å².